The molecule has 7 heteroatoms. The second-order valence-electron chi connectivity index (χ2n) is 6.51. The van der Waals surface area contributed by atoms with Crippen molar-refractivity contribution in [3.8, 4) is 17.2 Å². The van der Waals surface area contributed by atoms with E-state index in [1.54, 1.807) is 14.2 Å². The van der Waals surface area contributed by atoms with Gasteiger partial charge in [-0.05, 0) is 30.3 Å². The number of methoxy groups -OCH3 is 2. The molecule has 2 aromatic carbocycles. The van der Waals surface area contributed by atoms with Gasteiger partial charge in [0.25, 0.3) is 5.91 Å². The standard InChI is InChI=1S/C21H21ClN2O4/c1-26-19-6-5-16(13-20(19)27-2)24-17-12-15(22)4-3-14(17)11-18(24)21(25)23-7-9-28-10-8-23/h3-6,11-13H,7-10H2,1-2H3. The number of rotatable bonds is 4. The Morgan fingerprint density at radius 1 is 1.00 bits per heavy atom. The highest BCUT2D eigenvalue weighted by Gasteiger charge is 2.24. The fourth-order valence-corrected chi connectivity index (χ4v) is 3.67. The van der Waals surface area contributed by atoms with E-state index >= 15 is 0 Å². The summed E-state index contributed by atoms with van der Waals surface area (Å²) in [5.41, 5.74) is 2.23. The van der Waals surface area contributed by atoms with Crippen molar-refractivity contribution >= 4 is 28.4 Å². The predicted molar refractivity (Wildman–Crippen MR) is 108 cm³/mol. The van der Waals surface area contributed by atoms with Crippen LogP contribution in [0, 0.1) is 0 Å². The molecule has 28 heavy (non-hydrogen) atoms. The van der Waals surface area contributed by atoms with Crippen molar-refractivity contribution in [3.05, 3.63) is 53.2 Å². The summed E-state index contributed by atoms with van der Waals surface area (Å²) in [6.45, 7) is 2.25. The molecule has 1 aliphatic heterocycles. The lowest BCUT2D eigenvalue weighted by Crippen LogP contribution is -2.41. The highest BCUT2D eigenvalue weighted by molar-refractivity contribution is 6.31. The molecule has 3 aromatic rings. The Hall–Kier alpha value is -2.70. The summed E-state index contributed by atoms with van der Waals surface area (Å²) >= 11 is 6.25. The lowest BCUT2D eigenvalue weighted by molar-refractivity contribution is 0.0298. The zero-order valence-electron chi connectivity index (χ0n) is 15.8. The van der Waals surface area contributed by atoms with E-state index in [0.717, 1.165) is 16.6 Å². The first-order valence-corrected chi connectivity index (χ1v) is 9.40. The Balaban J connectivity index is 1.90. The first-order chi connectivity index (χ1) is 13.6. The molecule has 0 radical (unpaired) electrons. The Labute approximate surface area is 168 Å². The fraction of sp³-hybridized carbons (Fsp3) is 0.286. The number of hydrogen-bond donors (Lipinski definition) is 0. The van der Waals surface area contributed by atoms with Gasteiger partial charge in [0.05, 0.1) is 38.6 Å². The number of amides is 1. The van der Waals surface area contributed by atoms with Crippen molar-refractivity contribution < 1.29 is 19.0 Å². The van der Waals surface area contributed by atoms with Crippen molar-refractivity contribution in [2.24, 2.45) is 0 Å². The molecule has 0 saturated carbocycles. The van der Waals surface area contributed by atoms with Crippen LogP contribution in [-0.2, 0) is 4.74 Å². The molecule has 0 aliphatic carbocycles. The molecular formula is C21H21ClN2O4. The van der Waals surface area contributed by atoms with Crippen molar-refractivity contribution in [3.63, 3.8) is 0 Å². The maximum Gasteiger partial charge on any atom is 0.271 e. The van der Waals surface area contributed by atoms with Crippen LogP contribution in [0.25, 0.3) is 16.6 Å². The third kappa shape index (κ3) is 3.30. The Bertz CT molecular complexity index is 1020. The predicted octanol–water partition coefficient (Wildman–Crippen LogP) is 3.77. The lowest BCUT2D eigenvalue weighted by atomic mass is 10.2. The first kappa shape index (κ1) is 18.7. The summed E-state index contributed by atoms with van der Waals surface area (Å²) in [5.74, 6) is 1.18. The van der Waals surface area contributed by atoms with E-state index in [9.17, 15) is 4.79 Å². The highest BCUT2D eigenvalue weighted by atomic mass is 35.5. The SMILES string of the molecule is COc1ccc(-n2c(C(=O)N3CCOCC3)cc3ccc(Cl)cc32)cc1OC. The molecule has 1 aliphatic rings. The van der Waals surface area contributed by atoms with Gasteiger partial charge in [-0.3, -0.25) is 4.79 Å². The van der Waals surface area contributed by atoms with Gasteiger partial charge in [-0.15, -0.1) is 0 Å². The number of carbonyl (C=O) groups excluding carboxylic acids is 1. The number of ether oxygens (including phenoxy) is 3. The van der Waals surface area contributed by atoms with E-state index in [-0.39, 0.29) is 5.91 Å². The fourth-order valence-electron chi connectivity index (χ4n) is 3.50. The molecule has 1 fully saturated rings. The van der Waals surface area contributed by atoms with Gasteiger partial charge >= 0.3 is 0 Å². The number of fused-ring (bicyclic) bond motifs is 1. The van der Waals surface area contributed by atoms with Gasteiger partial charge < -0.3 is 23.7 Å². The second kappa shape index (κ2) is 7.73. The lowest BCUT2D eigenvalue weighted by Gasteiger charge is -2.27. The molecule has 1 aromatic heterocycles. The van der Waals surface area contributed by atoms with E-state index in [2.05, 4.69) is 0 Å². The van der Waals surface area contributed by atoms with Crippen LogP contribution in [-0.4, -0.2) is 55.9 Å². The maximum absolute atomic E-state index is 13.3. The molecule has 1 saturated heterocycles. The number of nitrogens with zero attached hydrogens (tertiary/aromatic N) is 2. The molecule has 0 unspecified atom stereocenters. The summed E-state index contributed by atoms with van der Waals surface area (Å²) in [4.78, 5) is 15.1. The molecule has 2 heterocycles. The van der Waals surface area contributed by atoms with E-state index < -0.39 is 0 Å². The first-order valence-electron chi connectivity index (χ1n) is 9.03. The molecule has 146 valence electrons. The third-order valence-electron chi connectivity index (χ3n) is 4.91. The number of aromatic nitrogens is 1. The van der Waals surface area contributed by atoms with Gasteiger partial charge in [0.15, 0.2) is 11.5 Å². The van der Waals surface area contributed by atoms with Crippen LogP contribution in [0.4, 0.5) is 0 Å². The molecule has 1 amide bonds. The Kier molecular flexibility index (Phi) is 5.15. The van der Waals surface area contributed by atoms with Crippen LogP contribution < -0.4 is 9.47 Å². The average molecular weight is 401 g/mol. The van der Waals surface area contributed by atoms with E-state index in [1.165, 1.54) is 0 Å². The van der Waals surface area contributed by atoms with E-state index in [1.807, 2.05) is 51.9 Å². The van der Waals surface area contributed by atoms with E-state index in [0.29, 0.717) is 48.5 Å². The number of morpholine rings is 1. The minimum atomic E-state index is -0.0367. The Morgan fingerprint density at radius 3 is 2.46 bits per heavy atom. The van der Waals surface area contributed by atoms with Crippen molar-refractivity contribution in [1.29, 1.82) is 0 Å². The summed E-state index contributed by atoms with van der Waals surface area (Å²) in [6.07, 6.45) is 0. The normalized spacial score (nSPS) is 14.3. The number of benzene rings is 2. The smallest absolute Gasteiger partial charge is 0.271 e. The molecule has 6 nitrogen and oxygen atoms in total. The van der Waals surface area contributed by atoms with Crippen LogP contribution in [0.15, 0.2) is 42.5 Å². The molecule has 4 rings (SSSR count). The van der Waals surface area contributed by atoms with Gasteiger partial charge in [0.2, 0.25) is 0 Å². The van der Waals surface area contributed by atoms with Crippen molar-refractivity contribution in [1.82, 2.24) is 9.47 Å². The quantitative estimate of drug-likeness (QED) is 0.669. The van der Waals surface area contributed by atoms with Crippen LogP contribution in [0.2, 0.25) is 5.02 Å². The zero-order chi connectivity index (χ0) is 19.7. The molecule has 0 bridgehead atoms. The Morgan fingerprint density at radius 2 is 1.75 bits per heavy atom. The largest absolute Gasteiger partial charge is 0.493 e. The van der Waals surface area contributed by atoms with Gasteiger partial charge in [-0.1, -0.05) is 17.7 Å². The summed E-state index contributed by atoms with van der Waals surface area (Å²) in [5, 5.41) is 1.55. The van der Waals surface area contributed by atoms with Gasteiger partial charge in [0, 0.05) is 29.6 Å². The van der Waals surface area contributed by atoms with Gasteiger partial charge in [0.1, 0.15) is 5.69 Å². The second-order valence-corrected chi connectivity index (χ2v) is 6.95. The van der Waals surface area contributed by atoms with Crippen LogP contribution >= 0.6 is 11.6 Å². The van der Waals surface area contributed by atoms with Gasteiger partial charge in [-0.25, -0.2) is 0 Å². The zero-order valence-corrected chi connectivity index (χ0v) is 16.5. The van der Waals surface area contributed by atoms with Crippen LogP contribution in [0.1, 0.15) is 10.5 Å². The minimum absolute atomic E-state index is 0.0367. The average Bonchev–Trinajstić information content (AvgIpc) is 3.11. The number of carbonyl (C=O) groups is 1. The monoisotopic (exact) mass is 400 g/mol. The summed E-state index contributed by atoms with van der Waals surface area (Å²) in [7, 11) is 3.18. The third-order valence-corrected chi connectivity index (χ3v) is 5.14. The molecule has 0 spiro atoms. The van der Waals surface area contributed by atoms with Gasteiger partial charge in [-0.2, -0.15) is 0 Å². The van der Waals surface area contributed by atoms with Crippen LogP contribution in [0.3, 0.4) is 0 Å². The van der Waals surface area contributed by atoms with Crippen molar-refractivity contribution in [2.45, 2.75) is 0 Å². The van der Waals surface area contributed by atoms with E-state index in [4.69, 9.17) is 25.8 Å². The van der Waals surface area contributed by atoms with Crippen molar-refractivity contribution in [2.75, 3.05) is 40.5 Å². The minimum Gasteiger partial charge on any atom is -0.493 e. The summed E-state index contributed by atoms with van der Waals surface area (Å²) < 4.78 is 18.1. The topological polar surface area (TPSA) is 52.9 Å². The molecular weight excluding hydrogens is 380 g/mol. The van der Waals surface area contributed by atoms with Crippen LogP contribution in [0.5, 0.6) is 11.5 Å². The summed E-state index contributed by atoms with van der Waals surface area (Å²) in [6, 6.07) is 13.1. The number of hydrogen-bond acceptors (Lipinski definition) is 4. The number of halogens is 1. The highest BCUT2D eigenvalue weighted by Crippen LogP contribution is 2.33. The molecule has 0 N–H and O–H groups in total. The molecule has 0 atom stereocenters. The maximum atomic E-state index is 13.3.